The highest BCUT2D eigenvalue weighted by molar-refractivity contribution is 5.21. The zero-order valence-corrected chi connectivity index (χ0v) is 9.05. The Hall–Kier alpha value is -0.870. The van der Waals surface area contributed by atoms with Gasteiger partial charge in [0.1, 0.15) is 5.82 Å². The van der Waals surface area contributed by atoms with Crippen LogP contribution >= 0.6 is 0 Å². The predicted octanol–water partition coefficient (Wildman–Crippen LogP) is 1.82. The summed E-state index contributed by atoms with van der Waals surface area (Å²) in [7, 11) is 0. The zero-order chi connectivity index (χ0) is 10.3. The van der Waals surface area contributed by atoms with Crippen molar-refractivity contribution in [1.82, 2.24) is 15.3 Å². The topological polar surface area (TPSA) is 49.9 Å². The Labute approximate surface area is 89.4 Å². The summed E-state index contributed by atoms with van der Waals surface area (Å²) in [5.74, 6) is 1.11. The number of aromatic amines is 1. The molecule has 15 heavy (non-hydrogen) atoms. The molecule has 2 atom stereocenters. The zero-order valence-electron chi connectivity index (χ0n) is 9.05. The summed E-state index contributed by atoms with van der Waals surface area (Å²) in [4.78, 5) is 8.05. The van der Waals surface area contributed by atoms with Gasteiger partial charge in [-0.15, -0.1) is 0 Å². The first-order valence-corrected chi connectivity index (χ1v) is 5.78. The fraction of sp³-hybridized carbons (Fsp3) is 0.727. The highest BCUT2D eigenvalue weighted by Crippen LogP contribution is 2.30. The Morgan fingerprint density at radius 1 is 1.40 bits per heavy atom. The van der Waals surface area contributed by atoms with E-state index in [1.807, 2.05) is 0 Å². The van der Waals surface area contributed by atoms with Gasteiger partial charge >= 0.3 is 0 Å². The number of H-pyrrole nitrogens is 1. The molecule has 2 aliphatic rings. The molecule has 0 aromatic carbocycles. The van der Waals surface area contributed by atoms with Gasteiger partial charge in [-0.2, -0.15) is 0 Å². The number of aromatic nitrogens is 2. The van der Waals surface area contributed by atoms with E-state index < -0.39 is 0 Å². The Balaban J connectivity index is 1.84. The predicted molar refractivity (Wildman–Crippen MR) is 56.4 cm³/mol. The molecule has 4 heteroatoms. The molecule has 2 aliphatic heterocycles. The number of hydrogen-bond acceptors (Lipinski definition) is 3. The van der Waals surface area contributed by atoms with Crippen molar-refractivity contribution in [2.75, 3.05) is 6.54 Å². The summed E-state index contributed by atoms with van der Waals surface area (Å²) in [5.41, 5.74) is 2.28. The summed E-state index contributed by atoms with van der Waals surface area (Å²) in [6.07, 6.45) is 3.95. The average molecular weight is 207 g/mol. The lowest BCUT2D eigenvalue weighted by Crippen LogP contribution is -2.27. The van der Waals surface area contributed by atoms with E-state index in [1.54, 1.807) is 0 Å². The normalized spacial score (nSPS) is 30.5. The minimum atomic E-state index is 0.161. The highest BCUT2D eigenvalue weighted by atomic mass is 16.5. The molecule has 4 nitrogen and oxygen atoms in total. The first kappa shape index (κ1) is 9.36. The van der Waals surface area contributed by atoms with Crippen LogP contribution in [0.2, 0.25) is 0 Å². The lowest BCUT2D eigenvalue weighted by molar-refractivity contribution is 0.0756. The highest BCUT2D eigenvalue weighted by Gasteiger charge is 2.26. The second-order valence-electron chi connectivity index (χ2n) is 4.44. The minimum Gasteiger partial charge on any atom is -0.366 e. The van der Waals surface area contributed by atoms with Gasteiger partial charge in [0.2, 0.25) is 0 Å². The van der Waals surface area contributed by atoms with Gasteiger partial charge in [-0.25, -0.2) is 4.98 Å². The molecule has 1 aromatic heterocycles. The summed E-state index contributed by atoms with van der Waals surface area (Å²) in [6, 6.07) is 0.427. The Morgan fingerprint density at radius 2 is 2.33 bits per heavy atom. The third-order valence-corrected chi connectivity index (χ3v) is 3.33. The Bertz CT molecular complexity index is 355. The van der Waals surface area contributed by atoms with Crippen LogP contribution in [0.25, 0.3) is 0 Å². The quantitative estimate of drug-likeness (QED) is 0.738. The van der Waals surface area contributed by atoms with Crippen LogP contribution in [0.5, 0.6) is 0 Å². The SMILES string of the molecule is CC1OCc2[nH]c(C3CCCCN3)nc21. The van der Waals surface area contributed by atoms with Crippen molar-refractivity contribution in [1.29, 1.82) is 0 Å². The first-order chi connectivity index (χ1) is 7.34. The van der Waals surface area contributed by atoms with Crippen molar-refractivity contribution in [3.05, 3.63) is 17.2 Å². The van der Waals surface area contributed by atoms with Crippen LogP contribution in [0, 0.1) is 0 Å². The molecule has 0 bridgehead atoms. The Kier molecular flexibility index (Phi) is 2.25. The van der Waals surface area contributed by atoms with Crippen molar-refractivity contribution in [2.24, 2.45) is 0 Å². The molecule has 0 amide bonds. The minimum absolute atomic E-state index is 0.161. The average Bonchev–Trinajstić information content (AvgIpc) is 2.83. The monoisotopic (exact) mass is 207 g/mol. The molecule has 1 aromatic rings. The van der Waals surface area contributed by atoms with E-state index in [4.69, 9.17) is 4.74 Å². The van der Waals surface area contributed by atoms with E-state index in [2.05, 4.69) is 22.2 Å². The van der Waals surface area contributed by atoms with Crippen molar-refractivity contribution in [2.45, 2.75) is 44.9 Å². The molecule has 0 aliphatic carbocycles. The van der Waals surface area contributed by atoms with Gasteiger partial charge in [0.05, 0.1) is 30.1 Å². The van der Waals surface area contributed by atoms with Crippen LogP contribution in [0.3, 0.4) is 0 Å². The Morgan fingerprint density at radius 3 is 3.07 bits per heavy atom. The van der Waals surface area contributed by atoms with Gasteiger partial charge in [-0.3, -0.25) is 0 Å². The summed E-state index contributed by atoms with van der Waals surface area (Å²) in [5, 5.41) is 3.50. The smallest absolute Gasteiger partial charge is 0.123 e. The van der Waals surface area contributed by atoms with Crippen LogP contribution in [0.1, 0.15) is 55.5 Å². The van der Waals surface area contributed by atoms with Crippen LogP contribution in [0.4, 0.5) is 0 Å². The van der Waals surface area contributed by atoms with E-state index in [0.29, 0.717) is 12.6 Å². The van der Waals surface area contributed by atoms with Crippen LogP contribution in [0.15, 0.2) is 0 Å². The fourth-order valence-corrected chi connectivity index (χ4v) is 2.43. The number of nitrogens with one attached hydrogen (secondary N) is 2. The molecule has 0 spiro atoms. The molecular weight excluding hydrogens is 190 g/mol. The van der Waals surface area contributed by atoms with Crippen LogP contribution < -0.4 is 5.32 Å². The number of imidazole rings is 1. The third kappa shape index (κ3) is 1.58. The molecule has 2 unspecified atom stereocenters. The number of nitrogens with zero attached hydrogens (tertiary/aromatic N) is 1. The van der Waals surface area contributed by atoms with Gasteiger partial charge in [-0.05, 0) is 26.3 Å². The number of piperidine rings is 1. The molecule has 2 N–H and O–H groups in total. The largest absolute Gasteiger partial charge is 0.366 e. The van der Waals surface area contributed by atoms with E-state index in [-0.39, 0.29) is 6.10 Å². The van der Waals surface area contributed by atoms with Crippen molar-refractivity contribution in [3.8, 4) is 0 Å². The summed E-state index contributed by atoms with van der Waals surface area (Å²) < 4.78 is 5.49. The third-order valence-electron chi connectivity index (χ3n) is 3.33. The second kappa shape index (κ2) is 3.61. The van der Waals surface area contributed by atoms with E-state index in [0.717, 1.165) is 18.1 Å². The van der Waals surface area contributed by atoms with E-state index >= 15 is 0 Å². The van der Waals surface area contributed by atoms with Crippen LogP contribution in [-0.4, -0.2) is 16.5 Å². The van der Waals surface area contributed by atoms with Gasteiger partial charge in [-0.1, -0.05) is 6.42 Å². The van der Waals surface area contributed by atoms with Crippen molar-refractivity contribution in [3.63, 3.8) is 0 Å². The standard InChI is InChI=1S/C11H17N3O/c1-7-10-9(6-15-7)13-11(14-10)8-4-2-3-5-12-8/h7-8,12H,2-6H2,1H3,(H,13,14). The van der Waals surface area contributed by atoms with Crippen LogP contribution in [-0.2, 0) is 11.3 Å². The fourth-order valence-electron chi connectivity index (χ4n) is 2.43. The first-order valence-electron chi connectivity index (χ1n) is 5.78. The van der Waals surface area contributed by atoms with Crippen molar-refractivity contribution < 1.29 is 4.74 Å². The molecule has 82 valence electrons. The molecule has 3 rings (SSSR count). The molecule has 1 saturated heterocycles. The maximum Gasteiger partial charge on any atom is 0.123 e. The van der Waals surface area contributed by atoms with E-state index in [1.165, 1.54) is 25.0 Å². The summed E-state index contributed by atoms with van der Waals surface area (Å²) in [6.45, 7) is 3.86. The number of rotatable bonds is 1. The van der Waals surface area contributed by atoms with E-state index in [9.17, 15) is 0 Å². The maximum atomic E-state index is 5.49. The molecule has 0 saturated carbocycles. The lowest BCUT2D eigenvalue weighted by Gasteiger charge is -2.21. The van der Waals surface area contributed by atoms with Gasteiger partial charge in [0, 0.05) is 0 Å². The molecular formula is C11H17N3O. The maximum absolute atomic E-state index is 5.49. The van der Waals surface area contributed by atoms with Crippen molar-refractivity contribution >= 4 is 0 Å². The second-order valence-corrected chi connectivity index (χ2v) is 4.44. The molecule has 1 fully saturated rings. The van der Waals surface area contributed by atoms with Gasteiger partial charge in [0.15, 0.2) is 0 Å². The van der Waals surface area contributed by atoms with Gasteiger partial charge in [0.25, 0.3) is 0 Å². The number of fused-ring (bicyclic) bond motifs is 1. The number of ether oxygens (including phenoxy) is 1. The number of hydrogen-bond donors (Lipinski definition) is 2. The molecule has 3 heterocycles. The summed E-state index contributed by atoms with van der Waals surface area (Å²) >= 11 is 0. The lowest BCUT2D eigenvalue weighted by atomic mass is 10.0. The van der Waals surface area contributed by atoms with Gasteiger partial charge < -0.3 is 15.0 Å². The molecule has 0 radical (unpaired) electrons.